The average molecular weight is 482 g/mol. The Labute approximate surface area is 198 Å². The first-order valence-electron chi connectivity index (χ1n) is 10.8. The lowest BCUT2D eigenvalue weighted by molar-refractivity contribution is -0.136. The van der Waals surface area contributed by atoms with E-state index in [1.807, 2.05) is 0 Å². The van der Waals surface area contributed by atoms with Crippen LogP contribution in [0, 0.1) is 0 Å². The highest BCUT2D eigenvalue weighted by atomic mass is 35.5. The molecular weight excluding hydrogens is 453 g/mol. The van der Waals surface area contributed by atoms with E-state index in [0.29, 0.717) is 62.2 Å². The van der Waals surface area contributed by atoms with Crippen LogP contribution in [0.2, 0.25) is 10.0 Å². The third kappa shape index (κ3) is 6.70. The van der Waals surface area contributed by atoms with Crippen molar-refractivity contribution >= 4 is 47.0 Å². The van der Waals surface area contributed by atoms with E-state index in [-0.39, 0.29) is 30.6 Å². The fraction of sp³-hybridized carbons (Fsp3) is 0.522. The lowest BCUT2D eigenvalue weighted by Crippen LogP contribution is -2.46. The van der Waals surface area contributed by atoms with E-state index in [4.69, 9.17) is 23.2 Å². The molecule has 3 rings (SSSR count). The van der Waals surface area contributed by atoms with Gasteiger partial charge in [-0.2, -0.15) is 0 Å². The van der Waals surface area contributed by atoms with Crippen molar-refractivity contribution in [3.8, 4) is 0 Å². The van der Waals surface area contributed by atoms with Gasteiger partial charge < -0.3 is 19.8 Å². The Kier molecular flexibility index (Phi) is 8.20. The SMILES string of the molecule is CC1(O)CCN(C(=O)CCN2CCN(C(=O)/C=C/c3ccc(Cl)c(Cl)c3)CCC2=O)CC1. The van der Waals surface area contributed by atoms with Crippen molar-refractivity contribution in [3.05, 3.63) is 39.9 Å². The van der Waals surface area contributed by atoms with Gasteiger partial charge in [0.25, 0.3) is 0 Å². The molecule has 0 unspecified atom stereocenters. The molecule has 2 fully saturated rings. The molecule has 2 heterocycles. The zero-order valence-electron chi connectivity index (χ0n) is 18.2. The molecule has 1 aromatic carbocycles. The van der Waals surface area contributed by atoms with E-state index in [0.717, 1.165) is 5.56 Å². The van der Waals surface area contributed by atoms with Crippen molar-refractivity contribution < 1.29 is 19.5 Å². The van der Waals surface area contributed by atoms with Crippen LogP contribution in [0.5, 0.6) is 0 Å². The molecule has 0 aliphatic carbocycles. The number of benzene rings is 1. The van der Waals surface area contributed by atoms with Crippen molar-refractivity contribution in [1.82, 2.24) is 14.7 Å². The number of rotatable bonds is 5. The Hall–Kier alpha value is -2.09. The summed E-state index contributed by atoms with van der Waals surface area (Å²) < 4.78 is 0. The molecule has 3 amide bonds. The minimum absolute atomic E-state index is 0.00459. The quantitative estimate of drug-likeness (QED) is 0.655. The highest BCUT2D eigenvalue weighted by molar-refractivity contribution is 6.42. The first kappa shape index (κ1) is 24.6. The summed E-state index contributed by atoms with van der Waals surface area (Å²) >= 11 is 11.9. The number of piperidine rings is 1. The highest BCUT2D eigenvalue weighted by Gasteiger charge is 2.30. The van der Waals surface area contributed by atoms with E-state index in [1.54, 1.807) is 45.9 Å². The van der Waals surface area contributed by atoms with Crippen LogP contribution < -0.4 is 0 Å². The van der Waals surface area contributed by atoms with Gasteiger partial charge in [0.1, 0.15) is 0 Å². The predicted octanol–water partition coefficient (Wildman–Crippen LogP) is 2.83. The Bertz CT molecular complexity index is 893. The summed E-state index contributed by atoms with van der Waals surface area (Å²) in [6.45, 7) is 4.35. The molecule has 0 atom stereocenters. The zero-order valence-corrected chi connectivity index (χ0v) is 19.7. The lowest BCUT2D eigenvalue weighted by Gasteiger charge is -2.36. The maximum absolute atomic E-state index is 12.6. The molecule has 0 aromatic heterocycles. The molecule has 7 nitrogen and oxygen atoms in total. The zero-order chi connectivity index (χ0) is 23.3. The second-order valence-corrected chi connectivity index (χ2v) is 9.41. The van der Waals surface area contributed by atoms with Crippen LogP contribution in [-0.2, 0) is 14.4 Å². The van der Waals surface area contributed by atoms with Crippen molar-refractivity contribution in [2.45, 2.75) is 38.2 Å². The molecule has 1 aromatic rings. The molecule has 174 valence electrons. The molecular formula is C23H29Cl2N3O4. The van der Waals surface area contributed by atoms with E-state index in [1.165, 1.54) is 6.08 Å². The highest BCUT2D eigenvalue weighted by Crippen LogP contribution is 2.23. The van der Waals surface area contributed by atoms with Gasteiger partial charge in [-0.1, -0.05) is 29.3 Å². The van der Waals surface area contributed by atoms with Gasteiger partial charge in [0, 0.05) is 58.2 Å². The van der Waals surface area contributed by atoms with Crippen LogP contribution in [0.3, 0.4) is 0 Å². The fourth-order valence-corrected chi connectivity index (χ4v) is 4.15. The number of carbonyl (C=O) groups excluding carboxylic acids is 3. The Morgan fingerprint density at radius 2 is 1.78 bits per heavy atom. The molecule has 0 radical (unpaired) electrons. The van der Waals surface area contributed by atoms with E-state index >= 15 is 0 Å². The molecule has 32 heavy (non-hydrogen) atoms. The molecule has 2 aliphatic rings. The van der Waals surface area contributed by atoms with Crippen LogP contribution in [0.25, 0.3) is 6.08 Å². The number of halogens is 2. The summed E-state index contributed by atoms with van der Waals surface area (Å²) in [6, 6.07) is 5.12. The first-order chi connectivity index (χ1) is 15.1. The van der Waals surface area contributed by atoms with Crippen molar-refractivity contribution in [3.63, 3.8) is 0 Å². The van der Waals surface area contributed by atoms with Gasteiger partial charge in [-0.05, 0) is 43.5 Å². The topological polar surface area (TPSA) is 81.2 Å². The monoisotopic (exact) mass is 481 g/mol. The van der Waals surface area contributed by atoms with Gasteiger partial charge in [0.15, 0.2) is 0 Å². The van der Waals surface area contributed by atoms with Crippen LogP contribution in [-0.4, -0.2) is 82.4 Å². The maximum Gasteiger partial charge on any atom is 0.246 e. The van der Waals surface area contributed by atoms with Crippen LogP contribution in [0.15, 0.2) is 24.3 Å². The third-order valence-electron chi connectivity index (χ3n) is 6.05. The summed E-state index contributed by atoms with van der Waals surface area (Å²) in [5.74, 6) is -0.236. The van der Waals surface area contributed by atoms with E-state index in [9.17, 15) is 19.5 Å². The van der Waals surface area contributed by atoms with E-state index < -0.39 is 5.60 Å². The third-order valence-corrected chi connectivity index (χ3v) is 6.79. The number of amides is 3. The molecule has 0 spiro atoms. The van der Waals surface area contributed by atoms with Crippen LogP contribution >= 0.6 is 23.2 Å². The summed E-state index contributed by atoms with van der Waals surface area (Å²) in [5.41, 5.74) is 0.0555. The summed E-state index contributed by atoms with van der Waals surface area (Å²) in [4.78, 5) is 42.6. The molecule has 0 saturated carbocycles. The van der Waals surface area contributed by atoms with Crippen molar-refractivity contribution in [2.75, 3.05) is 39.3 Å². The minimum atomic E-state index is -0.707. The molecule has 1 N–H and O–H groups in total. The van der Waals surface area contributed by atoms with Crippen LogP contribution in [0.1, 0.15) is 38.2 Å². The van der Waals surface area contributed by atoms with Gasteiger partial charge in [0.2, 0.25) is 17.7 Å². The van der Waals surface area contributed by atoms with Gasteiger partial charge in [-0.3, -0.25) is 14.4 Å². The molecule has 0 bridgehead atoms. The number of nitrogens with zero attached hydrogens (tertiary/aromatic N) is 3. The normalized spacial score (nSPS) is 19.4. The molecule has 2 aliphatic heterocycles. The van der Waals surface area contributed by atoms with Gasteiger partial charge in [-0.25, -0.2) is 0 Å². The summed E-state index contributed by atoms with van der Waals surface area (Å²) in [6.07, 6.45) is 4.74. The maximum atomic E-state index is 12.6. The number of carbonyl (C=O) groups is 3. The second-order valence-electron chi connectivity index (χ2n) is 8.59. The largest absolute Gasteiger partial charge is 0.390 e. The smallest absolute Gasteiger partial charge is 0.246 e. The Balaban J connectivity index is 1.48. The molecule has 9 heteroatoms. The van der Waals surface area contributed by atoms with E-state index in [2.05, 4.69) is 0 Å². The number of hydrogen-bond donors (Lipinski definition) is 1. The second kappa shape index (κ2) is 10.7. The fourth-order valence-electron chi connectivity index (χ4n) is 3.84. The Morgan fingerprint density at radius 3 is 2.47 bits per heavy atom. The van der Waals surface area contributed by atoms with Gasteiger partial charge in [0.05, 0.1) is 15.6 Å². The standard InChI is InChI=1S/C23H29Cl2N3O4/c1-23(32)8-12-28(13-9-23)22(31)7-11-27-15-14-26(10-6-21(27)30)20(29)5-3-17-2-4-18(24)19(25)16-17/h2-5,16,32H,6-15H2,1H3/b5-3+. The van der Waals surface area contributed by atoms with Crippen molar-refractivity contribution in [1.29, 1.82) is 0 Å². The number of likely N-dealkylation sites (tertiary alicyclic amines) is 1. The molecule has 2 saturated heterocycles. The van der Waals surface area contributed by atoms with Gasteiger partial charge >= 0.3 is 0 Å². The number of hydrogen-bond acceptors (Lipinski definition) is 4. The van der Waals surface area contributed by atoms with Crippen LogP contribution in [0.4, 0.5) is 0 Å². The predicted molar refractivity (Wildman–Crippen MR) is 124 cm³/mol. The summed E-state index contributed by atoms with van der Waals surface area (Å²) in [7, 11) is 0. The lowest BCUT2D eigenvalue weighted by atomic mass is 9.94. The summed E-state index contributed by atoms with van der Waals surface area (Å²) in [5, 5.41) is 10.9. The van der Waals surface area contributed by atoms with Gasteiger partial charge in [-0.15, -0.1) is 0 Å². The first-order valence-corrected chi connectivity index (χ1v) is 11.6. The number of aliphatic hydroxyl groups is 1. The average Bonchev–Trinajstić information content (AvgIpc) is 2.94. The Morgan fingerprint density at radius 1 is 1.06 bits per heavy atom. The minimum Gasteiger partial charge on any atom is -0.390 e. The van der Waals surface area contributed by atoms with Crippen molar-refractivity contribution in [2.24, 2.45) is 0 Å².